The Morgan fingerprint density at radius 3 is 2.59 bits per heavy atom. The molecule has 3 rings (SSSR count). The van der Waals surface area contributed by atoms with Crippen molar-refractivity contribution in [3.8, 4) is 0 Å². The fourth-order valence-corrected chi connectivity index (χ4v) is 3.83. The second kappa shape index (κ2) is 8.07. The van der Waals surface area contributed by atoms with E-state index in [1.54, 1.807) is 24.3 Å². The number of fused-ring (bicyclic) bond motifs is 1. The van der Waals surface area contributed by atoms with E-state index in [0.717, 1.165) is 42.3 Å². The van der Waals surface area contributed by atoms with E-state index in [4.69, 9.17) is 28.2 Å². The van der Waals surface area contributed by atoms with Crippen molar-refractivity contribution in [2.24, 2.45) is 4.99 Å². The van der Waals surface area contributed by atoms with Crippen molar-refractivity contribution in [3.63, 3.8) is 0 Å². The summed E-state index contributed by atoms with van der Waals surface area (Å²) in [5.41, 5.74) is 1.75. The van der Waals surface area contributed by atoms with E-state index in [1.165, 1.54) is 0 Å². The number of anilines is 2. The van der Waals surface area contributed by atoms with E-state index in [9.17, 15) is 5.21 Å². The van der Waals surface area contributed by atoms with Crippen LogP contribution in [0.3, 0.4) is 0 Å². The standard InChI is InChI=1S/C20H24Cl2N4O/c1-4-6-14(5-2)13-23-19-20(7-9-25(3)10-8-20)24-17-11-15(21)16(22)12-18(17)26(19)27/h4-6,11-12,24,27H,1-2,7-10,13H2,3H3/b14-6+,23-19?. The number of likely N-dealkylation sites (tertiary alicyclic amines) is 1. The van der Waals surface area contributed by atoms with Gasteiger partial charge in [0.1, 0.15) is 5.54 Å². The van der Waals surface area contributed by atoms with Gasteiger partial charge in [-0.1, -0.05) is 54.6 Å². The van der Waals surface area contributed by atoms with Gasteiger partial charge in [-0.2, -0.15) is 0 Å². The Morgan fingerprint density at radius 1 is 1.30 bits per heavy atom. The van der Waals surface area contributed by atoms with E-state index >= 15 is 0 Å². The fourth-order valence-electron chi connectivity index (χ4n) is 3.51. The molecule has 7 heteroatoms. The smallest absolute Gasteiger partial charge is 0.155 e. The van der Waals surface area contributed by atoms with Gasteiger partial charge in [-0.3, -0.25) is 10.2 Å². The highest BCUT2D eigenvalue weighted by Crippen LogP contribution is 2.43. The molecule has 27 heavy (non-hydrogen) atoms. The van der Waals surface area contributed by atoms with Crippen LogP contribution in [0.4, 0.5) is 11.4 Å². The first kappa shape index (κ1) is 20.0. The molecule has 1 saturated heterocycles. The highest BCUT2D eigenvalue weighted by molar-refractivity contribution is 6.42. The first-order valence-electron chi connectivity index (χ1n) is 8.84. The number of hydroxylamine groups is 1. The third-order valence-electron chi connectivity index (χ3n) is 5.12. The van der Waals surface area contributed by atoms with E-state index in [1.807, 2.05) is 6.08 Å². The first-order chi connectivity index (χ1) is 12.9. The Morgan fingerprint density at radius 2 is 1.96 bits per heavy atom. The van der Waals surface area contributed by atoms with E-state index < -0.39 is 5.54 Å². The van der Waals surface area contributed by atoms with E-state index in [2.05, 4.69) is 30.4 Å². The minimum absolute atomic E-state index is 0.383. The Balaban J connectivity index is 2.06. The number of hydrogen-bond acceptors (Lipinski definition) is 4. The van der Waals surface area contributed by atoms with Crippen molar-refractivity contribution >= 4 is 40.4 Å². The number of aliphatic imine (C=N–C) groups is 1. The van der Waals surface area contributed by atoms with E-state index in [0.29, 0.717) is 28.1 Å². The lowest BCUT2D eigenvalue weighted by atomic mass is 9.83. The molecular formula is C20H24Cl2N4O. The molecule has 2 aliphatic rings. The van der Waals surface area contributed by atoms with Gasteiger partial charge in [-0.25, -0.2) is 5.06 Å². The van der Waals surface area contributed by atoms with Gasteiger partial charge in [0.25, 0.3) is 0 Å². The highest BCUT2D eigenvalue weighted by Gasteiger charge is 2.45. The molecule has 0 amide bonds. The number of piperidine rings is 1. The van der Waals surface area contributed by atoms with Crippen LogP contribution in [0.25, 0.3) is 0 Å². The maximum atomic E-state index is 11.0. The zero-order valence-electron chi connectivity index (χ0n) is 15.4. The number of halogens is 2. The first-order valence-corrected chi connectivity index (χ1v) is 9.59. The molecule has 2 N–H and O–H groups in total. The van der Waals surface area contributed by atoms with Crippen LogP contribution in [-0.2, 0) is 0 Å². The largest absolute Gasteiger partial charge is 0.371 e. The van der Waals surface area contributed by atoms with Crippen LogP contribution in [0, 0.1) is 0 Å². The molecule has 0 radical (unpaired) electrons. The summed E-state index contributed by atoms with van der Waals surface area (Å²) in [5, 5.41) is 16.6. The molecule has 2 heterocycles. The van der Waals surface area contributed by atoms with Crippen LogP contribution >= 0.6 is 23.2 Å². The average Bonchev–Trinajstić information content (AvgIpc) is 2.65. The van der Waals surface area contributed by atoms with Crippen LogP contribution in [0.1, 0.15) is 12.8 Å². The zero-order valence-corrected chi connectivity index (χ0v) is 16.9. The van der Waals surface area contributed by atoms with Crippen molar-refractivity contribution < 1.29 is 5.21 Å². The number of nitrogens with zero attached hydrogens (tertiary/aromatic N) is 3. The molecular weight excluding hydrogens is 383 g/mol. The molecule has 0 aromatic heterocycles. The van der Waals surface area contributed by atoms with Crippen molar-refractivity contribution in [2.75, 3.05) is 37.1 Å². The lowest BCUT2D eigenvalue weighted by Crippen LogP contribution is -2.61. The van der Waals surface area contributed by atoms with Crippen molar-refractivity contribution in [3.05, 3.63) is 59.1 Å². The molecule has 5 nitrogen and oxygen atoms in total. The van der Waals surface area contributed by atoms with Gasteiger partial charge in [-0.05, 0) is 37.6 Å². The predicted octanol–water partition coefficient (Wildman–Crippen LogP) is 4.78. The molecule has 0 atom stereocenters. The monoisotopic (exact) mass is 406 g/mol. The van der Waals surface area contributed by atoms with Gasteiger partial charge in [0.15, 0.2) is 5.84 Å². The summed E-state index contributed by atoms with van der Waals surface area (Å²) in [6, 6.07) is 3.41. The van der Waals surface area contributed by atoms with Crippen LogP contribution in [0.2, 0.25) is 10.0 Å². The Labute approximate surface area is 170 Å². The molecule has 144 valence electrons. The van der Waals surface area contributed by atoms with Crippen LogP contribution in [0.5, 0.6) is 0 Å². The van der Waals surface area contributed by atoms with Gasteiger partial charge in [0.2, 0.25) is 0 Å². The highest BCUT2D eigenvalue weighted by atomic mass is 35.5. The molecule has 2 aliphatic heterocycles. The number of rotatable bonds is 4. The molecule has 1 aromatic rings. The number of nitrogens with one attached hydrogen (secondary N) is 1. The lowest BCUT2D eigenvalue weighted by Gasteiger charge is -2.48. The zero-order chi connectivity index (χ0) is 19.6. The average molecular weight is 407 g/mol. The summed E-state index contributed by atoms with van der Waals surface area (Å²) in [7, 11) is 2.09. The summed E-state index contributed by atoms with van der Waals surface area (Å²) in [5.74, 6) is 0.582. The number of hydrogen-bond donors (Lipinski definition) is 2. The van der Waals surface area contributed by atoms with Crippen molar-refractivity contribution in [1.29, 1.82) is 0 Å². The number of amidine groups is 1. The maximum Gasteiger partial charge on any atom is 0.155 e. The quantitative estimate of drug-likeness (QED) is 0.706. The van der Waals surface area contributed by atoms with Crippen LogP contribution in [0.15, 0.2) is 54.1 Å². The second-order valence-corrected chi connectivity index (χ2v) is 7.74. The van der Waals surface area contributed by atoms with Crippen molar-refractivity contribution in [2.45, 2.75) is 18.4 Å². The van der Waals surface area contributed by atoms with Crippen LogP contribution < -0.4 is 10.4 Å². The third-order valence-corrected chi connectivity index (χ3v) is 5.84. The summed E-state index contributed by atoms with van der Waals surface area (Å²) in [6.45, 7) is 9.73. The Hall–Kier alpha value is -1.79. The van der Waals surface area contributed by atoms with Crippen LogP contribution in [-0.4, -0.2) is 48.2 Å². The molecule has 1 spiro atoms. The summed E-state index contributed by atoms with van der Waals surface area (Å²) >= 11 is 12.4. The molecule has 0 unspecified atom stereocenters. The van der Waals surface area contributed by atoms with Gasteiger partial charge in [0.05, 0.1) is 28.0 Å². The fraction of sp³-hybridized carbons (Fsp3) is 0.350. The SMILES string of the molecule is C=C/C=C(\C=C)CN=C1N(O)c2cc(Cl)c(Cl)cc2NC12CCN(C)CC2. The minimum Gasteiger partial charge on any atom is -0.371 e. The van der Waals surface area contributed by atoms with Crippen molar-refractivity contribution in [1.82, 2.24) is 4.90 Å². The third kappa shape index (κ3) is 3.92. The Kier molecular flexibility index (Phi) is 5.96. The van der Waals surface area contributed by atoms with Gasteiger partial charge < -0.3 is 10.2 Å². The summed E-state index contributed by atoms with van der Waals surface area (Å²) < 4.78 is 0. The molecule has 0 saturated carbocycles. The topological polar surface area (TPSA) is 51.1 Å². The molecule has 1 aromatic carbocycles. The van der Waals surface area contributed by atoms with E-state index in [-0.39, 0.29) is 0 Å². The molecule has 0 bridgehead atoms. The number of benzene rings is 1. The lowest BCUT2D eigenvalue weighted by molar-refractivity contribution is 0.225. The summed E-state index contributed by atoms with van der Waals surface area (Å²) in [4.78, 5) is 7.02. The molecule has 1 fully saturated rings. The normalized spacial score (nSPS) is 21.1. The van der Waals surface area contributed by atoms with Gasteiger partial charge in [0, 0.05) is 13.1 Å². The van der Waals surface area contributed by atoms with Gasteiger partial charge in [-0.15, -0.1) is 0 Å². The predicted molar refractivity (Wildman–Crippen MR) is 115 cm³/mol. The number of allylic oxidation sites excluding steroid dienone is 2. The second-order valence-electron chi connectivity index (χ2n) is 6.93. The Bertz CT molecular complexity index is 810. The van der Waals surface area contributed by atoms with Gasteiger partial charge >= 0.3 is 0 Å². The minimum atomic E-state index is -0.466. The summed E-state index contributed by atoms with van der Waals surface area (Å²) in [6.07, 6.45) is 6.94. The molecule has 0 aliphatic carbocycles. The maximum absolute atomic E-state index is 11.0.